The van der Waals surface area contributed by atoms with Crippen molar-refractivity contribution in [2.24, 2.45) is 23.7 Å². The Kier molecular flexibility index (Phi) is 7.52. The average Bonchev–Trinajstić information content (AvgIpc) is 3.79. The van der Waals surface area contributed by atoms with Gasteiger partial charge in [0.25, 0.3) is 0 Å². The minimum atomic E-state index is 0.150. The first-order valence-electron chi connectivity index (χ1n) is 22.1. The van der Waals surface area contributed by atoms with E-state index in [0.717, 1.165) is 40.7 Å². The molecular formula is C58H46N2. The van der Waals surface area contributed by atoms with E-state index < -0.39 is 0 Å². The molecule has 2 nitrogen and oxygen atoms in total. The second-order valence-electron chi connectivity index (χ2n) is 18.2. The average molecular weight is 771 g/mol. The number of para-hydroxylation sites is 2. The normalized spacial score (nSPS) is 22.1. The van der Waals surface area contributed by atoms with E-state index in [1.165, 1.54) is 93.0 Å². The third-order valence-electron chi connectivity index (χ3n) is 15.2. The molecule has 14 rings (SSSR count). The van der Waals surface area contributed by atoms with Crippen LogP contribution in [0.25, 0.3) is 60.9 Å². The number of anilines is 3. The summed E-state index contributed by atoms with van der Waals surface area (Å²) in [6.45, 7) is 0. The highest BCUT2D eigenvalue weighted by Crippen LogP contribution is 2.69. The topological polar surface area (TPSA) is 8.17 Å². The van der Waals surface area contributed by atoms with Crippen molar-refractivity contribution in [3.8, 4) is 39.1 Å². The second-order valence-corrected chi connectivity index (χ2v) is 18.2. The summed E-state index contributed by atoms with van der Waals surface area (Å²) in [4.78, 5) is 2.49. The molecule has 1 spiro atoms. The number of hydrogen-bond acceptors (Lipinski definition) is 1. The molecule has 5 aliphatic rings. The minimum Gasteiger partial charge on any atom is -0.310 e. The van der Waals surface area contributed by atoms with E-state index in [4.69, 9.17) is 0 Å². The van der Waals surface area contributed by atoms with E-state index in [9.17, 15) is 0 Å². The van der Waals surface area contributed by atoms with Crippen LogP contribution >= 0.6 is 0 Å². The lowest BCUT2D eigenvalue weighted by atomic mass is 9.43. The molecule has 4 saturated carbocycles. The van der Waals surface area contributed by atoms with Crippen LogP contribution in [0.1, 0.15) is 43.2 Å². The molecule has 0 aliphatic heterocycles. The number of hydrogen-bond donors (Lipinski definition) is 0. The van der Waals surface area contributed by atoms with Crippen LogP contribution in [-0.4, -0.2) is 4.57 Å². The third kappa shape index (κ3) is 5.00. The van der Waals surface area contributed by atoms with E-state index >= 15 is 0 Å². The van der Waals surface area contributed by atoms with Crippen LogP contribution in [-0.2, 0) is 5.41 Å². The first kappa shape index (κ1) is 34.2. The second kappa shape index (κ2) is 13.2. The summed E-state index contributed by atoms with van der Waals surface area (Å²) in [6.07, 6.45) is 7.05. The van der Waals surface area contributed by atoms with Gasteiger partial charge in [-0.25, -0.2) is 0 Å². The van der Waals surface area contributed by atoms with Gasteiger partial charge < -0.3 is 9.47 Å². The first-order valence-corrected chi connectivity index (χ1v) is 22.1. The van der Waals surface area contributed by atoms with E-state index in [-0.39, 0.29) is 5.41 Å². The van der Waals surface area contributed by atoms with Gasteiger partial charge in [0.1, 0.15) is 0 Å². The quantitative estimate of drug-likeness (QED) is 0.163. The maximum absolute atomic E-state index is 2.55. The van der Waals surface area contributed by atoms with Crippen LogP contribution < -0.4 is 4.90 Å². The van der Waals surface area contributed by atoms with Crippen molar-refractivity contribution in [1.82, 2.24) is 4.57 Å². The van der Waals surface area contributed by atoms with Gasteiger partial charge in [-0.2, -0.15) is 0 Å². The SMILES string of the molecule is c1ccc(-c2ccc(-c3ccc(N(c4cccc(-n5c6ccccc6c6ccccc65)c4)c4ccc5c(c4)-c4ccccc4C54C5CC6CC(C5)CC4C6)cc3)cc2)cc1. The highest BCUT2D eigenvalue weighted by Gasteiger charge is 2.61. The van der Waals surface area contributed by atoms with Gasteiger partial charge in [-0.1, -0.05) is 140 Å². The van der Waals surface area contributed by atoms with Crippen LogP contribution in [0.15, 0.2) is 194 Å². The Balaban J connectivity index is 0.960. The predicted octanol–water partition coefficient (Wildman–Crippen LogP) is 15.3. The largest absolute Gasteiger partial charge is 0.310 e. The molecule has 9 aromatic rings. The van der Waals surface area contributed by atoms with E-state index in [0.29, 0.717) is 0 Å². The Morgan fingerprint density at radius 2 is 0.900 bits per heavy atom. The monoisotopic (exact) mass is 770 g/mol. The molecule has 0 atom stereocenters. The molecule has 0 radical (unpaired) electrons. The maximum Gasteiger partial charge on any atom is 0.0541 e. The van der Waals surface area contributed by atoms with Crippen molar-refractivity contribution in [2.75, 3.05) is 4.90 Å². The Bertz CT molecular complexity index is 3020. The Hall–Kier alpha value is -6.64. The van der Waals surface area contributed by atoms with Crippen molar-refractivity contribution >= 4 is 38.9 Å². The molecule has 288 valence electrons. The highest BCUT2D eigenvalue weighted by molar-refractivity contribution is 6.09. The fourth-order valence-electron chi connectivity index (χ4n) is 13.0. The zero-order chi connectivity index (χ0) is 39.4. The van der Waals surface area contributed by atoms with Crippen molar-refractivity contribution < 1.29 is 0 Å². The maximum atomic E-state index is 2.55. The number of benzene rings is 8. The number of nitrogens with zero attached hydrogens (tertiary/aromatic N) is 2. The van der Waals surface area contributed by atoms with Gasteiger partial charge in [0, 0.05) is 38.9 Å². The third-order valence-corrected chi connectivity index (χ3v) is 15.2. The van der Waals surface area contributed by atoms with Crippen LogP contribution in [0.3, 0.4) is 0 Å². The lowest BCUT2D eigenvalue weighted by Gasteiger charge is -2.61. The van der Waals surface area contributed by atoms with Crippen LogP contribution in [0.5, 0.6) is 0 Å². The molecule has 4 bridgehead atoms. The fraction of sp³-hybridized carbons (Fsp3) is 0.172. The van der Waals surface area contributed by atoms with Gasteiger partial charge in [-0.15, -0.1) is 0 Å². The molecule has 0 saturated heterocycles. The summed E-state index contributed by atoms with van der Waals surface area (Å²) < 4.78 is 2.43. The zero-order valence-corrected chi connectivity index (χ0v) is 33.7. The summed E-state index contributed by atoms with van der Waals surface area (Å²) in [5.41, 5.74) is 18.2. The highest BCUT2D eigenvalue weighted by atomic mass is 15.1. The smallest absolute Gasteiger partial charge is 0.0541 e. The van der Waals surface area contributed by atoms with Crippen LogP contribution in [0, 0.1) is 23.7 Å². The molecule has 4 fully saturated rings. The molecule has 0 N–H and O–H groups in total. The molecule has 8 aromatic carbocycles. The summed E-state index contributed by atoms with van der Waals surface area (Å²) in [7, 11) is 0. The minimum absolute atomic E-state index is 0.150. The summed E-state index contributed by atoms with van der Waals surface area (Å²) in [6, 6.07) is 72.6. The van der Waals surface area contributed by atoms with Crippen molar-refractivity contribution in [2.45, 2.75) is 37.5 Å². The molecule has 1 aromatic heterocycles. The lowest BCUT2D eigenvalue weighted by molar-refractivity contribution is -0.0399. The Morgan fingerprint density at radius 3 is 1.57 bits per heavy atom. The number of fused-ring (bicyclic) bond motifs is 6. The Morgan fingerprint density at radius 1 is 0.383 bits per heavy atom. The van der Waals surface area contributed by atoms with Gasteiger partial charge >= 0.3 is 0 Å². The first-order chi connectivity index (χ1) is 29.7. The van der Waals surface area contributed by atoms with Gasteiger partial charge in [-0.05, 0) is 155 Å². The van der Waals surface area contributed by atoms with Crippen molar-refractivity contribution in [3.63, 3.8) is 0 Å². The van der Waals surface area contributed by atoms with Gasteiger partial charge in [0.2, 0.25) is 0 Å². The number of aromatic nitrogens is 1. The van der Waals surface area contributed by atoms with Crippen molar-refractivity contribution in [1.29, 1.82) is 0 Å². The van der Waals surface area contributed by atoms with Crippen LogP contribution in [0.2, 0.25) is 0 Å². The molecule has 60 heavy (non-hydrogen) atoms. The summed E-state index contributed by atoms with van der Waals surface area (Å²) in [5.74, 6) is 3.34. The number of rotatable bonds is 6. The molecular weight excluding hydrogens is 725 g/mol. The van der Waals surface area contributed by atoms with Crippen molar-refractivity contribution in [3.05, 3.63) is 205 Å². The molecule has 0 unspecified atom stereocenters. The van der Waals surface area contributed by atoms with E-state index in [1.54, 1.807) is 11.1 Å². The van der Waals surface area contributed by atoms with Gasteiger partial charge in [0.15, 0.2) is 0 Å². The van der Waals surface area contributed by atoms with E-state index in [1.807, 2.05) is 0 Å². The van der Waals surface area contributed by atoms with Gasteiger partial charge in [0.05, 0.1) is 11.0 Å². The molecule has 2 heteroatoms. The molecule has 1 heterocycles. The van der Waals surface area contributed by atoms with E-state index in [2.05, 4.69) is 204 Å². The zero-order valence-electron chi connectivity index (χ0n) is 33.7. The summed E-state index contributed by atoms with van der Waals surface area (Å²) >= 11 is 0. The molecule has 0 amide bonds. The predicted molar refractivity (Wildman–Crippen MR) is 250 cm³/mol. The molecule has 5 aliphatic carbocycles. The lowest BCUT2D eigenvalue weighted by Crippen LogP contribution is -2.55. The van der Waals surface area contributed by atoms with Gasteiger partial charge in [-0.3, -0.25) is 0 Å². The van der Waals surface area contributed by atoms with Crippen LogP contribution in [0.4, 0.5) is 17.1 Å². The fourth-order valence-corrected chi connectivity index (χ4v) is 13.0. The standard InChI is InChI=1S/C58H46N2/c1-2-11-40(12-3-1)41-21-23-42(24-22-41)43-25-27-46(28-26-43)59(47-13-10-14-48(36-47)60-56-19-8-5-16-51(56)52-17-6-9-20-57(52)60)49-29-30-55-53(37-49)50-15-4-7-18-54(50)58(55)44-32-38-31-39(34-44)35-45(58)33-38/h1-30,36-39,44-45H,31-35H2. The summed E-state index contributed by atoms with van der Waals surface area (Å²) in [5, 5.41) is 2.55. The Labute approximate surface area is 352 Å².